The second-order valence-corrected chi connectivity index (χ2v) is 5.96. The Kier molecular flexibility index (Phi) is 2.88. The molecule has 0 amide bonds. The zero-order valence-electron chi connectivity index (χ0n) is 11.9. The number of hydrogen-bond acceptors (Lipinski definition) is 5. The Balaban J connectivity index is 1.92. The van der Waals surface area contributed by atoms with Crippen LogP contribution in [0.25, 0.3) is 16.8 Å². The van der Waals surface area contributed by atoms with E-state index in [2.05, 4.69) is 25.1 Å². The molecule has 7 nitrogen and oxygen atoms in total. The first-order chi connectivity index (χ1) is 10.3. The number of imidazole rings is 1. The van der Waals surface area contributed by atoms with Crippen LogP contribution < -0.4 is 5.73 Å². The summed E-state index contributed by atoms with van der Waals surface area (Å²) in [4.78, 5) is 11.6. The van der Waals surface area contributed by atoms with Gasteiger partial charge in [0.15, 0.2) is 11.3 Å². The number of nitrogens with zero attached hydrogens (tertiary/aromatic N) is 5. The van der Waals surface area contributed by atoms with Gasteiger partial charge in [0.1, 0.15) is 17.7 Å². The molecule has 4 rings (SSSR count). The van der Waals surface area contributed by atoms with Crippen LogP contribution in [0.3, 0.4) is 0 Å². The summed E-state index contributed by atoms with van der Waals surface area (Å²) < 4.78 is 1.98. The maximum Gasteiger partial charge on any atom is 0.189 e. The predicted molar refractivity (Wildman–Crippen MR) is 78.9 cm³/mol. The van der Waals surface area contributed by atoms with Gasteiger partial charge in [0.2, 0.25) is 0 Å². The molecule has 0 saturated heterocycles. The molecule has 3 heterocycles. The average Bonchev–Trinajstić information content (AvgIpc) is 3.08. The molecule has 7 heteroatoms. The lowest BCUT2D eigenvalue weighted by Crippen LogP contribution is -2.36. The lowest BCUT2D eigenvalue weighted by Gasteiger charge is -2.29. The Morgan fingerprint density at radius 2 is 1.95 bits per heavy atom. The SMILES string of the molecule is NCC1(c2nnc3c4[nH]cnc4ncn23)CCCCCC1. The van der Waals surface area contributed by atoms with Gasteiger partial charge < -0.3 is 10.7 Å². The summed E-state index contributed by atoms with van der Waals surface area (Å²) in [6.07, 6.45) is 10.5. The van der Waals surface area contributed by atoms with Crippen molar-refractivity contribution in [2.75, 3.05) is 6.54 Å². The maximum atomic E-state index is 6.16. The van der Waals surface area contributed by atoms with Gasteiger partial charge in [0, 0.05) is 12.0 Å². The molecule has 1 aliphatic rings. The number of fused-ring (bicyclic) bond motifs is 3. The summed E-state index contributed by atoms with van der Waals surface area (Å²) in [6.45, 7) is 0.606. The predicted octanol–water partition coefficient (Wildman–Crippen LogP) is 1.55. The second-order valence-electron chi connectivity index (χ2n) is 5.96. The Morgan fingerprint density at radius 1 is 1.14 bits per heavy atom. The first-order valence-electron chi connectivity index (χ1n) is 7.57. The minimum Gasteiger partial charge on any atom is -0.340 e. The van der Waals surface area contributed by atoms with Crippen molar-refractivity contribution >= 4 is 16.8 Å². The van der Waals surface area contributed by atoms with E-state index in [0.717, 1.165) is 29.8 Å². The molecule has 0 aliphatic heterocycles. The summed E-state index contributed by atoms with van der Waals surface area (Å²) >= 11 is 0. The summed E-state index contributed by atoms with van der Waals surface area (Å²) in [6, 6.07) is 0. The van der Waals surface area contributed by atoms with Gasteiger partial charge in [-0.1, -0.05) is 25.7 Å². The number of H-pyrrole nitrogens is 1. The van der Waals surface area contributed by atoms with Crippen molar-refractivity contribution in [3.8, 4) is 0 Å². The van der Waals surface area contributed by atoms with E-state index in [4.69, 9.17) is 5.73 Å². The summed E-state index contributed by atoms with van der Waals surface area (Å²) in [5, 5.41) is 8.84. The van der Waals surface area contributed by atoms with E-state index in [1.807, 2.05) is 4.40 Å². The van der Waals surface area contributed by atoms with Crippen LogP contribution >= 0.6 is 0 Å². The molecule has 0 aromatic carbocycles. The largest absolute Gasteiger partial charge is 0.340 e. The minimum atomic E-state index is -0.0781. The highest BCUT2D eigenvalue weighted by molar-refractivity contribution is 5.84. The van der Waals surface area contributed by atoms with Crippen molar-refractivity contribution in [1.82, 2.24) is 29.5 Å². The molecule has 0 spiro atoms. The van der Waals surface area contributed by atoms with Crippen molar-refractivity contribution in [2.45, 2.75) is 43.9 Å². The van der Waals surface area contributed by atoms with Gasteiger partial charge in [0.25, 0.3) is 0 Å². The molecule has 110 valence electrons. The van der Waals surface area contributed by atoms with Gasteiger partial charge in [0.05, 0.1) is 6.33 Å². The van der Waals surface area contributed by atoms with Gasteiger partial charge in [-0.3, -0.25) is 4.40 Å². The van der Waals surface area contributed by atoms with Crippen LogP contribution in [0.4, 0.5) is 0 Å². The zero-order chi connectivity index (χ0) is 14.3. The summed E-state index contributed by atoms with van der Waals surface area (Å²) in [7, 11) is 0. The Morgan fingerprint density at radius 3 is 2.71 bits per heavy atom. The second kappa shape index (κ2) is 4.77. The number of nitrogens with one attached hydrogen (secondary N) is 1. The highest BCUT2D eigenvalue weighted by Gasteiger charge is 2.36. The highest BCUT2D eigenvalue weighted by atomic mass is 15.3. The number of aromatic nitrogens is 6. The average molecular weight is 285 g/mol. The van der Waals surface area contributed by atoms with Crippen LogP contribution in [0.2, 0.25) is 0 Å². The topological polar surface area (TPSA) is 97.8 Å². The van der Waals surface area contributed by atoms with Crippen LogP contribution in [-0.2, 0) is 5.41 Å². The lowest BCUT2D eigenvalue weighted by atomic mass is 9.79. The first kappa shape index (κ1) is 12.7. The third-order valence-corrected chi connectivity index (χ3v) is 4.76. The molecule has 0 unspecified atom stereocenters. The highest BCUT2D eigenvalue weighted by Crippen LogP contribution is 2.36. The third-order valence-electron chi connectivity index (χ3n) is 4.76. The van der Waals surface area contributed by atoms with Gasteiger partial charge in [-0.15, -0.1) is 10.2 Å². The van der Waals surface area contributed by atoms with Crippen molar-refractivity contribution in [1.29, 1.82) is 0 Å². The Hall–Kier alpha value is -2.02. The molecular formula is C14H19N7. The molecule has 21 heavy (non-hydrogen) atoms. The van der Waals surface area contributed by atoms with E-state index >= 15 is 0 Å². The molecule has 0 bridgehead atoms. The molecule has 1 aliphatic carbocycles. The standard InChI is InChI=1S/C14H19N7/c15-7-14(5-3-1-2-4-6-14)13-20-19-12-10-11(17-8-16-10)18-9-21(12)13/h8-9H,1-7,15H2,(H,16,17). The fraction of sp³-hybridized carbons (Fsp3) is 0.571. The fourth-order valence-electron chi connectivity index (χ4n) is 3.52. The minimum absolute atomic E-state index is 0.0781. The van der Waals surface area contributed by atoms with Crippen LogP contribution in [-0.4, -0.2) is 36.1 Å². The monoisotopic (exact) mass is 285 g/mol. The van der Waals surface area contributed by atoms with Gasteiger partial charge in [-0.2, -0.15) is 0 Å². The maximum absolute atomic E-state index is 6.16. The molecular weight excluding hydrogens is 266 g/mol. The molecule has 3 N–H and O–H groups in total. The van der Waals surface area contributed by atoms with E-state index < -0.39 is 0 Å². The van der Waals surface area contributed by atoms with E-state index in [1.54, 1.807) is 12.7 Å². The van der Waals surface area contributed by atoms with Gasteiger partial charge >= 0.3 is 0 Å². The van der Waals surface area contributed by atoms with Crippen molar-refractivity contribution in [2.24, 2.45) is 5.73 Å². The smallest absolute Gasteiger partial charge is 0.189 e. The normalized spacial score (nSPS) is 19.1. The zero-order valence-corrected chi connectivity index (χ0v) is 11.9. The molecule has 0 radical (unpaired) electrons. The van der Waals surface area contributed by atoms with Gasteiger partial charge in [-0.05, 0) is 12.8 Å². The fourth-order valence-corrected chi connectivity index (χ4v) is 3.52. The third kappa shape index (κ3) is 1.84. The van der Waals surface area contributed by atoms with E-state index in [1.165, 1.54) is 25.7 Å². The first-order valence-corrected chi connectivity index (χ1v) is 7.57. The molecule has 1 fully saturated rings. The summed E-state index contributed by atoms with van der Waals surface area (Å²) in [5.74, 6) is 0.950. The molecule has 1 saturated carbocycles. The number of rotatable bonds is 2. The molecule has 3 aromatic rings. The van der Waals surface area contributed by atoms with Gasteiger partial charge in [-0.25, -0.2) is 9.97 Å². The lowest BCUT2D eigenvalue weighted by molar-refractivity contribution is 0.355. The molecule has 0 atom stereocenters. The van der Waals surface area contributed by atoms with Crippen LogP contribution in [0.5, 0.6) is 0 Å². The number of hydrogen-bond donors (Lipinski definition) is 2. The van der Waals surface area contributed by atoms with Crippen LogP contribution in [0.1, 0.15) is 44.3 Å². The summed E-state index contributed by atoms with van der Waals surface area (Å²) in [5.41, 5.74) is 8.37. The number of nitrogens with two attached hydrogens (primary N) is 1. The molecule has 3 aromatic heterocycles. The van der Waals surface area contributed by atoms with Crippen molar-refractivity contribution in [3.05, 3.63) is 18.5 Å². The Labute approximate surface area is 122 Å². The van der Waals surface area contributed by atoms with Crippen molar-refractivity contribution in [3.63, 3.8) is 0 Å². The van der Waals surface area contributed by atoms with Crippen molar-refractivity contribution < 1.29 is 0 Å². The van der Waals surface area contributed by atoms with E-state index in [9.17, 15) is 0 Å². The van der Waals surface area contributed by atoms with E-state index in [0.29, 0.717) is 12.2 Å². The van der Waals surface area contributed by atoms with Crippen LogP contribution in [0, 0.1) is 0 Å². The van der Waals surface area contributed by atoms with E-state index in [-0.39, 0.29) is 5.41 Å². The quantitative estimate of drug-likeness (QED) is 0.696. The Bertz CT molecular complexity index is 764. The number of aromatic amines is 1. The van der Waals surface area contributed by atoms with Crippen LogP contribution in [0.15, 0.2) is 12.7 Å².